The third-order valence-corrected chi connectivity index (χ3v) is 4.74. The Hall–Kier alpha value is -4.07. The molecule has 0 fully saturated rings. The number of nitrogens with one attached hydrogen (secondary N) is 2. The summed E-state index contributed by atoms with van der Waals surface area (Å²) in [4.78, 5) is 20.1. The zero-order chi connectivity index (χ0) is 21.1. The van der Waals surface area contributed by atoms with Crippen molar-refractivity contribution >= 4 is 33.9 Å². The molecule has 8 nitrogen and oxygen atoms in total. The molecule has 0 aliphatic heterocycles. The summed E-state index contributed by atoms with van der Waals surface area (Å²) in [7, 11) is 4.62. The number of pyridine rings is 1. The molecule has 0 radical (unpaired) electrons. The number of hydrogen-bond acceptors (Lipinski definition) is 6. The number of carbonyl (C=O) groups is 1. The van der Waals surface area contributed by atoms with E-state index in [0.29, 0.717) is 22.8 Å². The fourth-order valence-corrected chi connectivity index (χ4v) is 3.25. The summed E-state index contributed by atoms with van der Waals surface area (Å²) in [5.41, 5.74) is 5.19. The van der Waals surface area contributed by atoms with E-state index in [9.17, 15) is 4.79 Å². The van der Waals surface area contributed by atoms with E-state index in [1.807, 2.05) is 24.3 Å². The summed E-state index contributed by atoms with van der Waals surface area (Å²) < 4.78 is 16.0. The predicted molar refractivity (Wildman–Crippen MR) is 115 cm³/mol. The first-order chi connectivity index (χ1) is 14.6. The summed E-state index contributed by atoms with van der Waals surface area (Å²) in [6.45, 7) is 0. The van der Waals surface area contributed by atoms with Gasteiger partial charge in [0.15, 0.2) is 0 Å². The van der Waals surface area contributed by atoms with Crippen molar-refractivity contribution in [3.05, 3.63) is 59.9 Å². The standard InChI is InChI=1S/C22H20N4O4/c1-28-13-8-20(29-2)16(21(9-13)30-3)11-24-26-22(27)18-10-15-14-6-4-5-7-17(14)25-19(15)12-23-18/h4-12,25H,1-3H3,(H,26,27)/b24-11-. The number of hydrazone groups is 1. The summed E-state index contributed by atoms with van der Waals surface area (Å²) in [6.07, 6.45) is 3.10. The second-order valence-electron chi connectivity index (χ2n) is 6.43. The van der Waals surface area contributed by atoms with E-state index < -0.39 is 5.91 Å². The quantitative estimate of drug-likeness (QED) is 0.379. The second kappa shape index (κ2) is 8.12. The molecule has 30 heavy (non-hydrogen) atoms. The van der Waals surface area contributed by atoms with Crippen LogP contribution < -0.4 is 19.6 Å². The number of amides is 1. The Morgan fingerprint density at radius 2 is 1.73 bits per heavy atom. The Morgan fingerprint density at radius 3 is 2.43 bits per heavy atom. The van der Waals surface area contributed by atoms with E-state index in [1.165, 1.54) is 20.4 Å². The molecule has 8 heteroatoms. The minimum atomic E-state index is -0.426. The molecule has 4 aromatic rings. The van der Waals surface area contributed by atoms with E-state index in [2.05, 4.69) is 20.5 Å². The average Bonchev–Trinajstić information content (AvgIpc) is 3.16. The van der Waals surface area contributed by atoms with Crippen LogP contribution in [0.3, 0.4) is 0 Å². The summed E-state index contributed by atoms with van der Waals surface area (Å²) in [5, 5.41) is 6.00. The monoisotopic (exact) mass is 404 g/mol. The molecule has 4 rings (SSSR count). The minimum absolute atomic E-state index is 0.262. The maximum atomic E-state index is 12.6. The van der Waals surface area contributed by atoms with Crippen molar-refractivity contribution in [3.63, 3.8) is 0 Å². The lowest BCUT2D eigenvalue weighted by Gasteiger charge is -2.12. The molecular weight excluding hydrogens is 384 g/mol. The van der Waals surface area contributed by atoms with Crippen molar-refractivity contribution < 1.29 is 19.0 Å². The zero-order valence-corrected chi connectivity index (χ0v) is 16.7. The van der Waals surface area contributed by atoms with E-state index in [1.54, 1.807) is 31.5 Å². The number of H-pyrrole nitrogens is 1. The number of aromatic nitrogens is 2. The molecule has 0 saturated heterocycles. The molecule has 2 aromatic carbocycles. The first kappa shape index (κ1) is 19.3. The Labute approximate surface area is 172 Å². The summed E-state index contributed by atoms with van der Waals surface area (Å²) in [5.74, 6) is 1.16. The van der Waals surface area contributed by atoms with Gasteiger partial charge >= 0.3 is 0 Å². The van der Waals surface area contributed by atoms with Crippen LogP contribution in [0.15, 0.2) is 53.8 Å². The zero-order valence-electron chi connectivity index (χ0n) is 16.7. The van der Waals surface area contributed by atoms with Crippen molar-refractivity contribution in [2.45, 2.75) is 0 Å². The maximum Gasteiger partial charge on any atom is 0.289 e. The molecule has 0 atom stereocenters. The number of methoxy groups -OCH3 is 3. The van der Waals surface area contributed by atoms with Crippen LogP contribution in [0.5, 0.6) is 17.2 Å². The number of nitrogens with zero attached hydrogens (tertiary/aromatic N) is 2. The lowest BCUT2D eigenvalue weighted by molar-refractivity contribution is 0.0950. The molecule has 0 spiro atoms. The van der Waals surface area contributed by atoms with Crippen molar-refractivity contribution in [2.75, 3.05) is 21.3 Å². The normalized spacial score (nSPS) is 11.2. The van der Waals surface area contributed by atoms with Gasteiger partial charge in [0, 0.05) is 28.4 Å². The van der Waals surface area contributed by atoms with Crippen LogP contribution in [0.4, 0.5) is 0 Å². The van der Waals surface area contributed by atoms with E-state index in [-0.39, 0.29) is 5.69 Å². The lowest BCUT2D eigenvalue weighted by atomic mass is 10.1. The second-order valence-corrected chi connectivity index (χ2v) is 6.43. The van der Waals surface area contributed by atoms with Crippen molar-refractivity contribution in [1.82, 2.24) is 15.4 Å². The molecule has 1 amide bonds. The minimum Gasteiger partial charge on any atom is -0.496 e. The number of carbonyl (C=O) groups excluding carboxylic acids is 1. The highest BCUT2D eigenvalue weighted by atomic mass is 16.5. The molecule has 0 unspecified atom stereocenters. The van der Waals surface area contributed by atoms with E-state index in [4.69, 9.17) is 14.2 Å². The van der Waals surface area contributed by atoms with Crippen LogP contribution >= 0.6 is 0 Å². The lowest BCUT2D eigenvalue weighted by Crippen LogP contribution is -2.19. The largest absolute Gasteiger partial charge is 0.496 e. The fourth-order valence-electron chi connectivity index (χ4n) is 3.25. The highest BCUT2D eigenvalue weighted by molar-refractivity contribution is 6.09. The molecular formula is C22H20N4O4. The van der Waals surface area contributed by atoms with Crippen LogP contribution in [-0.2, 0) is 0 Å². The molecule has 0 aliphatic carbocycles. The van der Waals surface area contributed by atoms with Gasteiger partial charge in [-0.15, -0.1) is 0 Å². The van der Waals surface area contributed by atoms with Gasteiger partial charge in [-0.05, 0) is 12.1 Å². The Bertz CT molecular complexity index is 1240. The summed E-state index contributed by atoms with van der Waals surface area (Å²) >= 11 is 0. The van der Waals surface area contributed by atoms with Crippen LogP contribution in [0.2, 0.25) is 0 Å². The number of para-hydroxylation sites is 1. The fraction of sp³-hybridized carbons (Fsp3) is 0.136. The Balaban J connectivity index is 1.59. The first-order valence-electron chi connectivity index (χ1n) is 9.14. The third-order valence-electron chi connectivity index (χ3n) is 4.74. The van der Waals surface area contributed by atoms with Crippen LogP contribution in [0.25, 0.3) is 21.8 Å². The van der Waals surface area contributed by atoms with Gasteiger partial charge in [-0.1, -0.05) is 18.2 Å². The van der Waals surface area contributed by atoms with E-state index >= 15 is 0 Å². The average molecular weight is 404 g/mol. The van der Waals surface area contributed by atoms with Gasteiger partial charge in [0.2, 0.25) is 0 Å². The SMILES string of the molecule is COc1cc(OC)c(/C=N\NC(=O)c2cc3c(cn2)[nH]c2ccccc23)c(OC)c1. The number of aromatic amines is 1. The number of rotatable bonds is 6. The molecule has 2 aromatic heterocycles. The highest BCUT2D eigenvalue weighted by Crippen LogP contribution is 2.32. The number of fused-ring (bicyclic) bond motifs is 3. The number of benzene rings is 2. The molecule has 0 bridgehead atoms. The van der Waals surface area contributed by atoms with Crippen LogP contribution in [-0.4, -0.2) is 43.4 Å². The van der Waals surface area contributed by atoms with E-state index in [0.717, 1.165) is 21.8 Å². The highest BCUT2D eigenvalue weighted by Gasteiger charge is 2.13. The van der Waals surface area contributed by atoms with Gasteiger partial charge in [-0.2, -0.15) is 5.10 Å². The third kappa shape index (κ3) is 3.50. The molecule has 2 N–H and O–H groups in total. The molecule has 2 heterocycles. The van der Waals surface area contributed by atoms with Gasteiger partial charge in [0.25, 0.3) is 5.91 Å². The van der Waals surface area contributed by atoms with Gasteiger partial charge in [-0.25, -0.2) is 10.4 Å². The van der Waals surface area contributed by atoms with Gasteiger partial charge < -0.3 is 19.2 Å². The topological polar surface area (TPSA) is 97.8 Å². The first-order valence-corrected chi connectivity index (χ1v) is 9.14. The van der Waals surface area contributed by atoms with Crippen molar-refractivity contribution in [2.24, 2.45) is 5.10 Å². The van der Waals surface area contributed by atoms with Crippen LogP contribution in [0.1, 0.15) is 16.1 Å². The molecule has 0 saturated carbocycles. The predicted octanol–water partition coefficient (Wildman–Crippen LogP) is 3.51. The van der Waals surface area contributed by atoms with Crippen molar-refractivity contribution in [1.29, 1.82) is 0 Å². The maximum absolute atomic E-state index is 12.6. The number of ether oxygens (including phenoxy) is 3. The van der Waals surface area contributed by atoms with Crippen molar-refractivity contribution in [3.8, 4) is 17.2 Å². The number of hydrogen-bond donors (Lipinski definition) is 2. The van der Waals surface area contributed by atoms with Gasteiger partial charge in [-0.3, -0.25) is 4.79 Å². The smallest absolute Gasteiger partial charge is 0.289 e. The Morgan fingerprint density at radius 1 is 1.00 bits per heavy atom. The van der Waals surface area contributed by atoms with Gasteiger partial charge in [0.05, 0.1) is 44.8 Å². The van der Waals surface area contributed by atoms with Gasteiger partial charge in [0.1, 0.15) is 22.9 Å². The molecule has 152 valence electrons. The summed E-state index contributed by atoms with van der Waals surface area (Å²) in [6, 6.07) is 13.0. The van der Waals surface area contributed by atoms with Crippen LogP contribution in [0, 0.1) is 0 Å². The Kier molecular flexibility index (Phi) is 5.21. The molecule has 0 aliphatic rings.